The summed E-state index contributed by atoms with van der Waals surface area (Å²) in [5.41, 5.74) is 6.21. The smallest absolute Gasteiger partial charge is 0.691 e. The van der Waals surface area contributed by atoms with Gasteiger partial charge in [0.1, 0.15) is 70.3 Å². The number of carbonyl (C=O) groups excluding carboxylic acids is 8. The number of fused-ring (bicyclic) bond motifs is 2. The normalized spacial score (nSPS) is 25.8. The zero-order chi connectivity index (χ0) is 65.7. The van der Waals surface area contributed by atoms with Gasteiger partial charge in [0.15, 0.2) is 17.7 Å². The average molecular weight is 1320 g/mol. The average Bonchev–Trinajstić information content (AvgIpc) is 2.25. The van der Waals surface area contributed by atoms with Crippen LogP contribution in [0.5, 0.6) is 17.2 Å². The number of amides is 8. The summed E-state index contributed by atoms with van der Waals surface area (Å²) in [7, 11) is 0. The summed E-state index contributed by atoms with van der Waals surface area (Å²) in [6.07, 6.45) is -15.5. The molecule has 3 saturated heterocycles. The van der Waals surface area contributed by atoms with Crippen LogP contribution in [0.1, 0.15) is 87.7 Å². The monoisotopic (exact) mass is 1320 g/mol. The maximum absolute atomic E-state index is 14.7. The Hall–Kier alpha value is -6.71. The van der Waals surface area contributed by atoms with E-state index in [1.54, 1.807) is 0 Å². The third-order valence-electron chi connectivity index (χ3n) is 15.2. The molecule has 15 atom stereocenters. The Morgan fingerprint density at radius 3 is 2.04 bits per heavy atom. The number of aromatic nitrogens is 2. The van der Waals surface area contributed by atoms with Gasteiger partial charge in [-0.1, -0.05) is 62.6 Å². The van der Waals surface area contributed by atoms with Crippen molar-refractivity contribution in [2.45, 2.75) is 151 Å². The van der Waals surface area contributed by atoms with Gasteiger partial charge in [-0.3, -0.25) is 43.4 Å². The van der Waals surface area contributed by atoms with Crippen LogP contribution < -0.4 is 76.1 Å². The number of benzene rings is 3. The second kappa shape index (κ2) is 33.7. The molecule has 3 aliphatic heterocycles. The summed E-state index contributed by atoms with van der Waals surface area (Å²) >= 11 is 1.16. The number of rotatable bonds is 21. The fourth-order valence-corrected chi connectivity index (χ4v) is 11.4. The fraction of sp³-hybridized carbons (Fsp3) is 0.500. The molecule has 3 fully saturated rings. The number of phenolic OH excluding ortho intramolecular Hbond substituents is 1. The van der Waals surface area contributed by atoms with E-state index in [2.05, 4.69) is 47.8 Å². The maximum atomic E-state index is 14.7. The molecule has 3 aromatic carbocycles. The third-order valence-corrected chi connectivity index (χ3v) is 16.6. The number of carbonyl (C=O) groups is 8. The first kappa shape index (κ1) is 73.3. The van der Waals surface area contributed by atoms with Gasteiger partial charge in [-0.2, -0.15) is 0 Å². The van der Waals surface area contributed by atoms with Crippen LogP contribution in [-0.2, 0) is 42.9 Å². The molecule has 7 rings (SSSR count). The van der Waals surface area contributed by atoms with Gasteiger partial charge in [-0.25, -0.2) is 0 Å². The largest absolute Gasteiger partial charge is 1.00 e. The number of nitrogens with zero attached hydrogens (tertiary/aromatic N) is 4. The topological polar surface area (TPSA) is 497 Å². The van der Waals surface area contributed by atoms with E-state index in [9.17, 15) is 89.6 Å². The van der Waals surface area contributed by atoms with Crippen LogP contribution >= 0.6 is 23.7 Å². The summed E-state index contributed by atoms with van der Waals surface area (Å²) in [6, 6.07) is 3.14. The first-order valence-corrected chi connectivity index (χ1v) is 30.0. The molecule has 0 spiro atoms. The number of nitrogens with one attached hydrogen (secondary N) is 5. The van der Waals surface area contributed by atoms with Gasteiger partial charge in [0.2, 0.25) is 41.4 Å². The van der Waals surface area contributed by atoms with E-state index >= 15 is 0 Å². The molecule has 0 radical (unpaired) electrons. The SMILES string of the molecule is CCCCCCOc1ccc(-c2nnc(-c3ccc(C(=O)NC4CC(O)C(O)NC(=O)C5C(O)C(C)CN5C(=O)C(C(O)CC(N)=O)NC(=O)C(C(O)C(O)c5ccc(O)c(OSOO[O-])c5)NC(=O)C5CC(O)CN5C(=O)C(C(C)O)NC4=O)cc3)s2)cc1.[Na+]. The van der Waals surface area contributed by atoms with Crippen molar-refractivity contribution in [1.82, 2.24) is 46.6 Å². The van der Waals surface area contributed by atoms with Gasteiger partial charge in [0.25, 0.3) is 18.2 Å². The second-order valence-electron chi connectivity index (χ2n) is 21.9. The molecule has 15 unspecified atom stereocenters. The Bertz CT molecular complexity index is 3170. The minimum absolute atomic E-state index is 0. The van der Waals surface area contributed by atoms with E-state index in [0.717, 1.165) is 56.4 Å². The molecule has 4 aromatic rings. The number of ether oxygens (including phenoxy) is 1. The number of nitrogens with two attached hydrogens (primary N) is 1. The maximum Gasteiger partial charge on any atom is 1.00 e. The predicted octanol–water partition coefficient (Wildman–Crippen LogP) is -6.66. The molecular formula is C56H71N10NaO22S2. The molecule has 16 N–H and O–H groups in total. The molecule has 0 aliphatic carbocycles. The fourth-order valence-electron chi connectivity index (χ4n) is 10.3. The van der Waals surface area contributed by atoms with Crippen LogP contribution in [0.4, 0.5) is 0 Å². The van der Waals surface area contributed by atoms with E-state index < -0.39 is 188 Å². The molecule has 4 heterocycles. The number of unbranched alkanes of at least 4 members (excludes halogenated alkanes) is 3. The Balaban J connectivity index is 0.0000132. The first-order valence-electron chi connectivity index (χ1n) is 28.5. The number of primary amides is 1. The number of hydrogen-bond donors (Lipinski definition) is 15. The van der Waals surface area contributed by atoms with E-state index in [1.807, 2.05) is 29.6 Å². The zero-order valence-electron chi connectivity index (χ0n) is 49.6. The molecule has 3 aliphatic rings. The van der Waals surface area contributed by atoms with Gasteiger partial charge < -0.3 is 102 Å². The number of aromatic hydroxyl groups is 1. The zero-order valence-corrected chi connectivity index (χ0v) is 53.2. The molecule has 0 saturated carbocycles. The number of aliphatic hydroxyl groups is 8. The Labute approximate surface area is 550 Å². The predicted molar refractivity (Wildman–Crippen MR) is 310 cm³/mol. The van der Waals surface area contributed by atoms with Crippen molar-refractivity contribution in [2.24, 2.45) is 11.7 Å². The van der Waals surface area contributed by atoms with Crippen LogP contribution in [0.3, 0.4) is 0 Å². The van der Waals surface area contributed by atoms with E-state index in [4.69, 9.17) is 14.7 Å². The molecule has 8 amide bonds. The molecular weight excluding hydrogens is 1250 g/mol. The standard InChI is InChI=1S/C56H72N10O22S2.Na/c1-4-5-6-7-18-85-32-15-12-29(13-16-32)54-64-63-53(89-54)28-10-8-27(9-11-28)47(76)58-33-21-37(71)50(79)62-52(81)43-44(73)25(2)23-66(43)56(83)41(36(70)22-39(57)72)60-51(80)42(46(75)45(74)30-14-17-35(69)38(19-30)86-90-88-87-84)61-49(78)34-20-31(68)24-65(34)55(82)40(26(3)67)59-48(33)77;/h8-17,19,25-26,31,33-34,36-37,40-46,50,67-71,73-75,79,84H,4-7,18,20-24H2,1-3H3,(H2,57,72)(H,58,76)(H,59,77)(H,60,80)(H,61,78)(H,62,81);/q;+1/p-1. The van der Waals surface area contributed by atoms with Crippen molar-refractivity contribution in [3.63, 3.8) is 0 Å². The summed E-state index contributed by atoms with van der Waals surface area (Å²) in [6.45, 7) is 3.91. The van der Waals surface area contributed by atoms with E-state index in [0.29, 0.717) is 37.7 Å². The van der Waals surface area contributed by atoms with Crippen LogP contribution in [-0.4, -0.2) is 212 Å². The van der Waals surface area contributed by atoms with Crippen molar-refractivity contribution in [1.29, 1.82) is 0 Å². The first-order chi connectivity index (χ1) is 42.8. The van der Waals surface area contributed by atoms with Gasteiger partial charge >= 0.3 is 29.6 Å². The molecule has 490 valence electrons. The van der Waals surface area contributed by atoms with Gasteiger partial charge in [0.05, 0.1) is 37.4 Å². The molecule has 0 bridgehead atoms. The molecule has 32 nitrogen and oxygen atoms in total. The van der Waals surface area contributed by atoms with Crippen LogP contribution in [0.2, 0.25) is 0 Å². The van der Waals surface area contributed by atoms with Crippen LogP contribution in [0.25, 0.3) is 21.1 Å². The minimum atomic E-state index is -2.57. The van der Waals surface area contributed by atoms with Crippen LogP contribution in [0.15, 0.2) is 66.7 Å². The summed E-state index contributed by atoms with van der Waals surface area (Å²) in [4.78, 5) is 115. The number of aliphatic hydroxyl groups excluding tert-OH is 8. The Morgan fingerprint density at radius 1 is 0.791 bits per heavy atom. The summed E-state index contributed by atoms with van der Waals surface area (Å²) < 4.78 is 14.9. The molecule has 91 heavy (non-hydrogen) atoms. The number of hydrogen-bond acceptors (Lipinski definition) is 26. The summed E-state index contributed by atoms with van der Waals surface area (Å²) in [5, 5.41) is 136. The Morgan fingerprint density at radius 2 is 1.42 bits per heavy atom. The van der Waals surface area contributed by atoms with Crippen molar-refractivity contribution < 1.29 is 137 Å². The Kier molecular flexibility index (Phi) is 27.2. The quantitative estimate of drug-likeness (QED) is 0.0121. The van der Waals surface area contributed by atoms with Crippen molar-refractivity contribution in [2.75, 3.05) is 19.7 Å². The van der Waals surface area contributed by atoms with Crippen molar-refractivity contribution >= 4 is 70.9 Å². The molecule has 35 heteroatoms. The minimum Gasteiger partial charge on any atom is -0.691 e. The second-order valence-corrected chi connectivity index (χ2v) is 23.3. The van der Waals surface area contributed by atoms with Gasteiger partial charge in [-0.15, -0.1) is 14.5 Å². The number of phenols is 1. The summed E-state index contributed by atoms with van der Waals surface area (Å²) in [5.74, 6) is -12.1. The van der Waals surface area contributed by atoms with Crippen molar-refractivity contribution in [3.8, 4) is 38.4 Å². The van der Waals surface area contributed by atoms with E-state index in [-0.39, 0.29) is 47.4 Å². The van der Waals surface area contributed by atoms with Gasteiger partial charge in [0, 0.05) is 48.5 Å². The molecule has 1 aromatic heterocycles. The van der Waals surface area contributed by atoms with Crippen molar-refractivity contribution in [3.05, 3.63) is 77.9 Å². The van der Waals surface area contributed by atoms with Gasteiger partial charge in [-0.05, 0) is 67.4 Å². The third kappa shape index (κ3) is 18.8. The van der Waals surface area contributed by atoms with E-state index in [1.165, 1.54) is 42.5 Å². The van der Waals surface area contributed by atoms with Crippen LogP contribution in [0, 0.1) is 5.92 Å².